The summed E-state index contributed by atoms with van der Waals surface area (Å²) in [6, 6.07) is 14.2. The van der Waals surface area contributed by atoms with Crippen LogP contribution in [0.1, 0.15) is 37.3 Å². The maximum absolute atomic E-state index is 10.5. The van der Waals surface area contributed by atoms with Crippen molar-refractivity contribution >= 4 is 17.3 Å². The molecule has 2 aromatic rings. The molecule has 0 bridgehead atoms. The summed E-state index contributed by atoms with van der Waals surface area (Å²) in [5.41, 5.74) is 3.67. The number of benzene rings is 2. The van der Waals surface area contributed by atoms with E-state index in [0.29, 0.717) is 19.1 Å². The van der Waals surface area contributed by atoms with Crippen molar-refractivity contribution in [3.8, 4) is 5.75 Å². The minimum Gasteiger partial charge on any atom is -0.491 e. The van der Waals surface area contributed by atoms with Crippen LogP contribution in [0.4, 0.5) is 5.69 Å². The topological polar surface area (TPSA) is 35.9 Å². The van der Waals surface area contributed by atoms with Crippen molar-refractivity contribution in [3.63, 3.8) is 0 Å². The van der Waals surface area contributed by atoms with Gasteiger partial charge >= 0.3 is 0 Å². The molecule has 0 unspecified atom stereocenters. The smallest absolute Gasteiger partial charge is 0.122 e. The van der Waals surface area contributed by atoms with Crippen LogP contribution in [0.3, 0.4) is 0 Å². The largest absolute Gasteiger partial charge is 0.491 e. The number of aliphatic hydroxyl groups excluding tert-OH is 1. The predicted octanol–water partition coefficient (Wildman–Crippen LogP) is 4.72. The lowest BCUT2D eigenvalue weighted by atomic mass is 9.98. The summed E-state index contributed by atoms with van der Waals surface area (Å²) in [7, 11) is 0. The molecule has 1 heterocycles. The average Bonchev–Trinajstić information content (AvgIpc) is 2.74. The average molecular weight is 417 g/mol. The van der Waals surface area contributed by atoms with Gasteiger partial charge in [0.1, 0.15) is 18.5 Å². The van der Waals surface area contributed by atoms with Crippen LogP contribution in [-0.2, 0) is 0 Å². The molecule has 3 rings (SSSR count). The molecule has 0 aliphatic carbocycles. The Bertz CT molecular complexity index is 790. The summed E-state index contributed by atoms with van der Waals surface area (Å²) >= 11 is 6.17. The monoisotopic (exact) mass is 416 g/mol. The molecule has 1 saturated heterocycles. The van der Waals surface area contributed by atoms with Crippen molar-refractivity contribution in [2.75, 3.05) is 44.2 Å². The standard InChI is InChI=1S/C24H33ClN2O2/c1-4-18(2)22-7-5-6-8-24(22)29-17-21(28)16-26-11-13-27(14-12-26)23-15-20(25)10-9-19(23)3/h5-10,15,18,21,28H,4,11-14,16-17H2,1-3H3/t18-,21-/m1/s1. The Labute approximate surface area is 180 Å². The number of rotatable bonds is 8. The Hall–Kier alpha value is -1.75. The summed E-state index contributed by atoms with van der Waals surface area (Å²) in [5.74, 6) is 1.34. The highest BCUT2D eigenvalue weighted by molar-refractivity contribution is 6.30. The highest BCUT2D eigenvalue weighted by Gasteiger charge is 2.21. The number of nitrogens with zero attached hydrogens (tertiary/aromatic N) is 2. The van der Waals surface area contributed by atoms with Gasteiger partial charge in [0.05, 0.1) is 0 Å². The molecule has 0 aromatic heterocycles. The lowest BCUT2D eigenvalue weighted by molar-refractivity contribution is 0.0658. The van der Waals surface area contributed by atoms with Gasteiger partial charge in [-0.2, -0.15) is 0 Å². The van der Waals surface area contributed by atoms with Gasteiger partial charge in [0.2, 0.25) is 0 Å². The minimum absolute atomic E-state index is 0.320. The Balaban J connectivity index is 1.48. The minimum atomic E-state index is -0.501. The fraction of sp³-hybridized carbons (Fsp3) is 0.500. The van der Waals surface area contributed by atoms with Crippen LogP contribution < -0.4 is 9.64 Å². The number of aryl methyl sites for hydroxylation is 1. The van der Waals surface area contributed by atoms with Crippen LogP contribution in [0.5, 0.6) is 5.75 Å². The number of piperazine rings is 1. The molecular weight excluding hydrogens is 384 g/mol. The van der Waals surface area contributed by atoms with Crippen molar-refractivity contribution in [2.24, 2.45) is 0 Å². The SMILES string of the molecule is CC[C@@H](C)c1ccccc1OC[C@H](O)CN1CCN(c2cc(Cl)ccc2C)CC1. The zero-order valence-corrected chi connectivity index (χ0v) is 18.5. The predicted molar refractivity (Wildman–Crippen MR) is 121 cm³/mol. The molecule has 1 N–H and O–H groups in total. The number of ether oxygens (including phenoxy) is 1. The first-order valence-electron chi connectivity index (χ1n) is 10.6. The summed E-state index contributed by atoms with van der Waals surface area (Å²) < 4.78 is 5.98. The van der Waals surface area contributed by atoms with Gasteiger partial charge in [0.25, 0.3) is 0 Å². The highest BCUT2D eigenvalue weighted by atomic mass is 35.5. The fourth-order valence-electron chi connectivity index (χ4n) is 3.87. The Kier molecular flexibility index (Phi) is 7.82. The van der Waals surface area contributed by atoms with E-state index in [0.717, 1.165) is 43.4 Å². The molecule has 2 aromatic carbocycles. The van der Waals surface area contributed by atoms with Gasteiger partial charge in [-0.05, 0) is 48.6 Å². The quantitative estimate of drug-likeness (QED) is 0.675. The molecule has 1 aliphatic rings. The van der Waals surface area contributed by atoms with Crippen LogP contribution in [0, 0.1) is 6.92 Å². The Morgan fingerprint density at radius 3 is 2.55 bits per heavy atom. The molecule has 4 nitrogen and oxygen atoms in total. The molecule has 29 heavy (non-hydrogen) atoms. The lowest BCUT2D eigenvalue weighted by Gasteiger charge is -2.37. The normalized spacial score (nSPS) is 17.2. The third-order valence-corrected chi connectivity index (χ3v) is 6.08. The van der Waals surface area contributed by atoms with E-state index >= 15 is 0 Å². The molecule has 0 amide bonds. The first-order valence-corrected chi connectivity index (χ1v) is 11.0. The maximum Gasteiger partial charge on any atom is 0.122 e. The second-order valence-electron chi connectivity index (χ2n) is 8.03. The van der Waals surface area contributed by atoms with Crippen molar-refractivity contribution in [1.29, 1.82) is 0 Å². The molecule has 1 aliphatic heterocycles. The zero-order chi connectivity index (χ0) is 20.8. The van der Waals surface area contributed by atoms with E-state index in [9.17, 15) is 5.11 Å². The lowest BCUT2D eigenvalue weighted by Crippen LogP contribution is -2.49. The number of aliphatic hydroxyl groups is 1. The van der Waals surface area contributed by atoms with Crippen LogP contribution in [-0.4, -0.2) is 55.4 Å². The van der Waals surface area contributed by atoms with E-state index in [1.54, 1.807) is 0 Å². The molecule has 0 radical (unpaired) electrons. The molecule has 0 spiro atoms. The fourth-order valence-corrected chi connectivity index (χ4v) is 4.04. The van der Waals surface area contributed by atoms with Gasteiger partial charge in [0, 0.05) is 43.4 Å². The van der Waals surface area contributed by atoms with Crippen molar-refractivity contribution in [3.05, 3.63) is 58.6 Å². The Morgan fingerprint density at radius 2 is 1.83 bits per heavy atom. The second kappa shape index (κ2) is 10.3. The van der Waals surface area contributed by atoms with Gasteiger partial charge in [-0.25, -0.2) is 0 Å². The molecule has 158 valence electrons. The number of anilines is 1. The van der Waals surface area contributed by atoms with Crippen LogP contribution in [0.2, 0.25) is 5.02 Å². The van der Waals surface area contributed by atoms with Crippen LogP contribution in [0.15, 0.2) is 42.5 Å². The van der Waals surface area contributed by atoms with Crippen LogP contribution in [0.25, 0.3) is 0 Å². The van der Waals surface area contributed by atoms with Crippen molar-refractivity contribution in [1.82, 2.24) is 4.90 Å². The summed E-state index contributed by atoms with van der Waals surface area (Å²) in [5, 5.41) is 11.3. The van der Waals surface area contributed by atoms with Gasteiger partial charge < -0.3 is 14.7 Å². The summed E-state index contributed by atoms with van der Waals surface area (Å²) in [6.45, 7) is 11.2. The van der Waals surface area contributed by atoms with E-state index in [1.165, 1.54) is 16.8 Å². The van der Waals surface area contributed by atoms with Gasteiger partial charge in [-0.15, -0.1) is 0 Å². The first kappa shape index (κ1) is 21.9. The molecule has 5 heteroatoms. The van der Waals surface area contributed by atoms with Gasteiger partial charge in [-0.3, -0.25) is 4.90 Å². The zero-order valence-electron chi connectivity index (χ0n) is 17.8. The van der Waals surface area contributed by atoms with E-state index in [2.05, 4.69) is 42.7 Å². The first-order chi connectivity index (χ1) is 14.0. The molecule has 2 atom stereocenters. The summed E-state index contributed by atoms with van der Waals surface area (Å²) in [4.78, 5) is 4.69. The van der Waals surface area contributed by atoms with Crippen LogP contribution >= 0.6 is 11.6 Å². The summed E-state index contributed by atoms with van der Waals surface area (Å²) in [6.07, 6.45) is 0.568. The second-order valence-corrected chi connectivity index (χ2v) is 8.47. The van der Waals surface area contributed by atoms with Gasteiger partial charge in [0.15, 0.2) is 0 Å². The number of halogens is 1. The number of hydrogen-bond acceptors (Lipinski definition) is 4. The van der Waals surface area contributed by atoms with E-state index in [1.807, 2.05) is 30.3 Å². The van der Waals surface area contributed by atoms with Gasteiger partial charge in [-0.1, -0.05) is 49.7 Å². The van der Waals surface area contributed by atoms with E-state index in [-0.39, 0.29) is 0 Å². The Morgan fingerprint density at radius 1 is 1.10 bits per heavy atom. The van der Waals surface area contributed by atoms with E-state index < -0.39 is 6.10 Å². The number of para-hydroxylation sites is 1. The highest BCUT2D eigenvalue weighted by Crippen LogP contribution is 2.28. The van der Waals surface area contributed by atoms with E-state index in [4.69, 9.17) is 16.3 Å². The van der Waals surface area contributed by atoms with Crippen molar-refractivity contribution < 1.29 is 9.84 Å². The third kappa shape index (κ3) is 5.88. The van der Waals surface area contributed by atoms with Crippen molar-refractivity contribution in [2.45, 2.75) is 39.2 Å². The third-order valence-electron chi connectivity index (χ3n) is 5.85. The molecular formula is C24H33ClN2O2. The number of β-amino-alcohol motifs (C(OH)–C–C–N with tert-alkyl or cyclic N) is 1. The maximum atomic E-state index is 10.5. The number of hydrogen-bond donors (Lipinski definition) is 1. The molecule has 1 fully saturated rings. The molecule has 0 saturated carbocycles.